The number of aromatic nitrogens is 1. The van der Waals surface area contributed by atoms with Crippen molar-refractivity contribution in [1.29, 1.82) is 0 Å². The quantitative estimate of drug-likeness (QED) is 0.820. The molecule has 98 valence electrons. The van der Waals surface area contributed by atoms with Crippen molar-refractivity contribution < 1.29 is 18.0 Å². The average Bonchev–Trinajstić information content (AvgIpc) is 2.36. The van der Waals surface area contributed by atoms with Crippen LogP contribution in [0.25, 0.3) is 0 Å². The highest BCUT2D eigenvalue weighted by Crippen LogP contribution is 2.18. The lowest BCUT2D eigenvalue weighted by atomic mass is 10.1. The van der Waals surface area contributed by atoms with E-state index in [9.17, 15) is 18.0 Å². The maximum Gasteiger partial charge on any atom is 0.259 e. The third-order valence-electron chi connectivity index (χ3n) is 2.28. The Morgan fingerprint density at radius 3 is 2.53 bits per heavy atom. The van der Waals surface area contributed by atoms with Crippen LogP contribution in [0.1, 0.15) is 10.4 Å². The van der Waals surface area contributed by atoms with Gasteiger partial charge in [-0.05, 0) is 24.3 Å². The predicted octanol–water partition coefficient (Wildman–Crippen LogP) is 2.33. The number of hydrogen-bond acceptors (Lipinski definition) is 3. The highest BCUT2D eigenvalue weighted by molar-refractivity contribution is 6.04. The number of carbonyl (C=O) groups is 1. The maximum absolute atomic E-state index is 13.6. The summed E-state index contributed by atoms with van der Waals surface area (Å²) in [6.45, 7) is 0. The topological polar surface area (TPSA) is 68.0 Å². The van der Waals surface area contributed by atoms with Crippen molar-refractivity contribution >= 4 is 17.4 Å². The molecule has 1 aromatic heterocycles. The van der Waals surface area contributed by atoms with E-state index in [4.69, 9.17) is 5.73 Å². The Labute approximate surface area is 106 Å². The number of pyridine rings is 1. The van der Waals surface area contributed by atoms with Crippen molar-refractivity contribution in [3.63, 3.8) is 0 Å². The number of nitrogens with two attached hydrogens (primary N) is 1. The Morgan fingerprint density at radius 1 is 1.16 bits per heavy atom. The third-order valence-corrected chi connectivity index (χ3v) is 2.28. The fourth-order valence-electron chi connectivity index (χ4n) is 1.41. The Hall–Kier alpha value is -2.57. The van der Waals surface area contributed by atoms with Crippen LogP contribution in [-0.4, -0.2) is 10.9 Å². The van der Waals surface area contributed by atoms with Crippen LogP contribution in [0.4, 0.5) is 24.7 Å². The summed E-state index contributed by atoms with van der Waals surface area (Å²) in [6, 6.07) is 3.74. The summed E-state index contributed by atoms with van der Waals surface area (Å²) < 4.78 is 39.2. The first-order chi connectivity index (χ1) is 8.97. The van der Waals surface area contributed by atoms with Crippen LogP contribution in [0.5, 0.6) is 0 Å². The first-order valence-electron chi connectivity index (χ1n) is 5.15. The van der Waals surface area contributed by atoms with Gasteiger partial charge in [-0.1, -0.05) is 0 Å². The lowest BCUT2D eigenvalue weighted by Crippen LogP contribution is -2.16. The van der Waals surface area contributed by atoms with Gasteiger partial charge >= 0.3 is 0 Å². The van der Waals surface area contributed by atoms with Crippen molar-refractivity contribution in [2.24, 2.45) is 0 Å². The average molecular weight is 267 g/mol. The van der Waals surface area contributed by atoms with Crippen molar-refractivity contribution in [2.75, 3.05) is 11.1 Å². The van der Waals surface area contributed by atoms with Gasteiger partial charge < -0.3 is 11.1 Å². The molecule has 2 rings (SSSR count). The molecule has 0 saturated heterocycles. The third kappa shape index (κ3) is 2.82. The Kier molecular flexibility index (Phi) is 3.37. The molecule has 0 bridgehead atoms. The number of benzene rings is 1. The van der Waals surface area contributed by atoms with E-state index < -0.39 is 34.6 Å². The summed E-state index contributed by atoms with van der Waals surface area (Å²) in [5.74, 6) is -3.37. The van der Waals surface area contributed by atoms with E-state index in [1.807, 2.05) is 0 Å². The predicted molar refractivity (Wildman–Crippen MR) is 62.9 cm³/mol. The summed E-state index contributed by atoms with van der Waals surface area (Å²) in [4.78, 5) is 15.3. The zero-order valence-corrected chi connectivity index (χ0v) is 9.45. The zero-order valence-electron chi connectivity index (χ0n) is 9.45. The van der Waals surface area contributed by atoms with Crippen LogP contribution in [0.15, 0.2) is 30.5 Å². The molecule has 19 heavy (non-hydrogen) atoms. The SMILES string of the molecule is Nc1cc(F)cc(C(=O)Nc2ccc(F)cn2)c1F. The normalized spacial score (nSPS) is 10.3. The van der Waals surface area contributed by atoms with E-state index in [0.717, 1.165) is 18.3 Å². The molecule has 3 N–H and O–H groups in total. The van der Waals surface area contributed by atoms with Crippen molar-refractivity contribution in [3.8, 4) is 0 Å². The molecule has 1 heterocycles. The molecule has 0 saturated carbocycles. The molecule has 0 radical (unpaired) electrons. The standard InChI is InChI=1S/C12H8F3N3O/c13-6-1-2-10(17-5-6)18-12(19)8-3-7(14)4-9(16)11(8)15/h1-5H,16H2,(H,17,18,19). The minimum absolute atomic E-state index is 0.00799. The number of carbonyl (C=O) groups excluding carboxylic acids is 1. The van der Waals surface area contributed by atoms with Crippen LogP contribution < -0.4 is 11.1 Å². The summed E-state index contributed by atoms with van der Waals surface area (Å²) >= 11 is 0. The summed E-state index contributed by atoms with van der Waals surface area (Å²) in [7, 11) is 0. The monoisotopic (exact) mass is 267 g/mol. The molecule has 1 aromatic carbocycles. The van der Waals surface area contributed by atoms with Crippen LogP contribution >= 0.6 is 0 Å². The second-order valence-electron chi connectivity index (χ2n) is 3.67. The number of halogens is 3. The smallest absolute Gasteiger partial charge is 0.259 e. The molecular weight excluding hydrogens is 259 g/mol. The number of nitrogens with zero attached hydrogens (tertiary/aromatic N) is 1. The van der Waals surface area contributed by atoms with Crippen LogP contribution in [-0.2, 0) is 0 Å². The molecule has 0 spiro atoms. The second kappa shape index (κ2) is 4.97. The molecule has 0 unspecified atom stereocenters. The van der Waals surface area contributed by atoms with Gasteiger partial charge in [0.15, 0.2) is 5.82 Å². The summed E-state index contributed by atoms with van der Waals surface area (Å²) in [6.07, 6.45) is 0.881. The molecule has 0 aliphatic heterocycles. The highest BCUT2D eigenvalue weighted by Gasteiger charge is 2.16. The number of amides is 1. The van der Waals surface area contributed by atoms with Crippen molar-refractivity contribution in [2.45, 2.75) is 0 Å². The first kappa shape index (κ1) is 12.9. The van der Waals surface area contributed by atoms with E-state index in [-0.39, 0.29) is 5.82 Å². The van der Waals surface area contributed by atoms with Gasteiger partial charge in [-0.3, -0.25) is 4.79 Å². The Morgan fingerprint density at radius 2 is 1.89 bits per heavy atom. The first-order valence-corrected chi connectivity index (χ1v) is 5.15. The minimum Gasteiger partial charge on any atom is -0.396 e. The van der Waals surface area contributed by atoms with Gasteiger partial charge in [-0.25, -0.2) is 18.2 Å². The summed E-state index contributed by atoms with van der Waals surface area (Å²) in [5, 5.41) is 2.20. The molecule has 0 fully saturated rings. The number of nitrogen functional groups attached to an aromatic ring is 1. The lowest BCUT2D eigenvalue weighted by molar-refractivity contribution is 0.102. The van der Waals surface area contributed by atoms with Gasteiger partial charge in [0, 0.05) is 0 Å². The van der Waals surface area contributed by atoms with Crippen molar-refractivity contribution in [3.05, 3.63) is 53.5 Å². The molecular formula is C12H8F3N3O. The molecule has 1 amide bonds. The fraction of sp³-hybridized carbons (Fsp3) is 0. The van der Waals surface area contributed by atoms with Crippen LogP contribution in [0.2, 0.25) is 0 Å². The second-order valence-corrected chi connectivity index (χ2v) is 3.67. The van der Waals surface area contributed by atoms with E-state index >= 15 is 0 Å². The molecule has 4 nitrogen and oxygen atoms in total. The number of hydrogen-bond donors (Lipinski definition) is 2. The van der Waals surface area contributed by atoms with Gasteiger partial charge in [0.1, 0.15) is 17.5 Å². The Balaban J connectivity index is 2.27. The Bertz CT molecular complexity index is 629. The number of rotatable bonds is 2. The zero-order chi connectivity index (χ0) is 14.0. The van der Waals surface area contributed by atoms with Crippen molar-refractivity contribution in [1.82, 2.24) is 4.98 Å². The number of anilines is 2. The van der Waals surface area contributed by atoms with Crippen LogP contribution in [0, 0.1) is 17.5 Å². The van der Waals surface area contributed by atoms with Gasteiger partial charge in [-0.15, -0.1) is 0 Å². The number of nitrogens with one attached hydrogen (secondary N) is 1. The fourth-order valence-corrected chi connectivity index (χ4v) is 1.41. The van der Waals surface area contributed by atoms with Gasteiger partial charge in [0.2, 0.25) is 0 Å². The molecule has 7 heteroatoms. The van der Waals surface area contributed by atoms with E-state index in [1.54, 1.807) is 0 Å². The van der Waals surface area contributed by atoms with E-state index in [2.05, 4.69) is 10.3 Å². The molecule has 0 aliphatic rings. The largest absolute Gasteiger partial charge is 0.396 e. The molecule has 0 aliphatic carbocycles. The minimum atomic E-state index is -1.03. The highest BCUT2D eigenvalue weighted by atomic mass is 19.1. The molecule has 2 aromatic rings. The lowest BCUT2D eigenvalue weighted by Gasteiger charge is -2.07. The maximum atomic E-state index is 13.6. The van der Waals surface area contributed by atoms with Gasteiger partial charge in [0.05, 0.1) is 17.4 Å². The van der Waals surface area contributed by atoms with Crippen LogP contribution in [0.3, 0.4) is 0 Å². The van der Waals surface area contributed by atoms with Gasteiger partial charge in [0.25, 0.3) is 5.91 Å². The summed E-state index contributed by atoms with van der Waals surface area (Å²) in [5.41, 5.74) is 4.19. The van der Waals surface area contributed by atoms with Gasteiger partial charge in [-0.2, -0.15) is 0 Å². The van der Waals surface area contributed by atoms with E-state index in [1.165, 1.54) is 6.07 Å². The van der Waals surface area contributed by atoms with E-state index in [0.29, 0.717) is 6.07 Å². The molecule has 0 atom stereocenters.